The molecule has 2 spiro atoms. The topological polar surface area (TPSA) is 131 Å². The predicted molar refractivity (Wildman–Crippen MR) is 160 cm³/mol. The Labute approximate surface area is 251 Å². The van der Waals surface area contributed by atoms with Crippen molar-refractivity contribution in [3.8, 4) is 11.7 Å². The first-order valence-corrected chi connectivity index (χ1v) is 16.9. The molecule has 0 radical (unpaired) electrons. The smallest absolute Gasteiger partial charge is 0.281 e. The van der Waals surface area contributed by atoms with E-state index in [2.05, 4.69) is 38.9 Å². The number of carbonyl (C=O) groups excluding carboxylic acids is 1. The number of pyridine rings is 2. The molecule has 2 bridgehead atoms. The number of sulfonamides is 1. The molecule has 2 aliphatic heterocycles. The molecule has 1 saturated heterocycles. The first kappa shape index (κ1) is 26.9. The first-order chi connectivity index (χ1) is 20.6. The van der Waals surface area contributed by atoms with Gasteiger partial charge >= 0.3 is 0 Å². The summed E-state index contributed by atoms with van der Waals surface area (Å²) in [7, 11) is -4.22. The Kier molecular flexibility index (Phi) is 5.74. The van der Waals surface area contributed by atoms with Crippen molar-refractivity contribution in [3.63, 3.8) is 0 Å². The van der Waals surface area contributed by atoms with E-state index in [0.717, 1.165) is 25.7 Å². The lowest BCUT2D eigenvalue weighted by atomic mass is 10.0. The summed E-state index contributed by atoms with van der Waals surface area (Å²) >= 11 is 0. The highest BCUT2D eigenvalue weighted by Gasteiger charge is 2.86. The van der Waals surface area contributed by atoms with Gasteiger partial charge in [-0.1, -0.05) is 6.07 Å². The maximum absolute atomic E-state index is 13.7. The van der Waals surface area contributed by atoms with E-state index in [9.17, 15) is 13.2 Å². The second-order valence-electron chi connectivity index (χ2n) is 13.6. The van der Waals surface area contributed by atoms with Crippen LogP contribution < -0.4 is 19.7 Å². The van der Waals surface area contributed by atoms with Gasteiger partial charge in [-0.15, -0.1) is 5.10 Å². The van der Waals surface area contributed by atoms with E-state index >= 15 is 0 Å². The normalized spacial score (nSPS) is 25.7. The summed E-state index contributed by atoms with van der Waals surface area (Å²) in [5, 5.41) is 7.68. The monoisotopic (exact) mass is 603 g/mol. The molecule has 12 heteroatoms. The van der Waals surface area contributed by atoms with Crippen molar-refractivity contribution in [1.82, 2.24) is 24.5 Å². The largest absolute Gasteiger partial charge is 0.476 e. The number of carbonyl (C=O) groups is 1. The summed E-state index contributed by atoms with van der Waals surface area (Å²) in [6.45, 7) is 5.65. The minimum absolute atomic E-state index is 0.129. The van der Waals surface area contributed by atoms with Gasteiger partial charge in [0, 0.05) is 36.3 Å². The maximum Gasteiger partial charge on any atom is 0.281 e. The summed E-state index contributed by atoms with van der Waals surface area (Å²) in [5.74, 6) is 1.92. The Morgan fingerprint density at radius 3 is 2.56 bits per heavy atom. The quantitative estimate of drug-likeness (QED) is 0.448. The van der Waals surface area contributed by atoms with Crippen molar-refractivity contribution in [2.45, 2.75) is 81.8 Å². The van der Waals surface area contributed by atoms with Crippen molar-refractivity contribution in [2.75, 3.05) is 23.4 Å². The summed E-state index contributed by atoms with van der Waals surface area (Å²) < 4.78 is 36.5. The third-order valence-electron chi connectivity index (χ3n) is 10.7. The molecule has 3 saturated carbocycles. The molecule has 8 rings (SSSR count). The second-order valence-corrected chi connectivity index (χ2v) is 15.2. The minimum Gasteiger partial charge on any atom is -0.476 e. The van der Waals surface area contributed by atoms with Gasteiger partial charge < -0.3 is 15.0 Å². The number of hydrogen-bond acceptors (Lipinski definition) is 9. The molecule has 11 nitrogen and oxygen atoms in total. The molecular weight excluding hydrogens is 566 g/mol. The summed E-state index contributed by atoms with van der Waals surface area (Å²) in [6.07, 6.45) is 10.8. The first-order valence-electron chi connectivity index (χ1n) is 15.4. The van der Waals surface area contributed by atoms with Crippen LogP contribution in [0, 0.1) is 16.7 Å². The molecule has 1 amide bonds. The van der Waals surface area contributed by atoms with E-state index < -0.39 is 15.9 Å². The fourth-order valence-electron chi connectivity index (χ4n) is 8.17. The van der Waals surface area contributed by atoms with Crippen LogP contribution >= 0.6 is 0 Å². The Morgan fingerprint density at radius 2 is 1.79 bits per heavy atom. The number of hydrogen-bond donors (Lipinski definition) is 2. The highest BCUT2D eigenvalue weighted by Crippen LogP contribution is 2.92. The van der Waals surface area contributed by atoms with Crippen molar-refractivity contribution in [2.24, 2.45) is 16.7 Å². The number of fused-ring (bicyclic) bond motifs is 6. The van der Waals surface area contributed by atoms with Crippen LogP contribution in [-0.4, -0.2) is 58.8 Å². The fourth-order valence-corrected chi connectivity index (χ4v) is 9.11. The number of nitrogens with one attached hydrogen (secondary N) is 2. The highest BCUT2D eigenvalue weighted by molar-refractivity contribution is 7.90. The van der Waals surface area contributed by atoms with Crippen LogP contribution in [0.2, 0.25) is 0 Å². The van der Waals surface area contributed by atoms with Crippen LogP contribution in [0.4, 0.5) is 11.6 Å². The predicted octanol–water partition coefficient (Wildman–Crippen LogP) is 4.30. The van der Waals surface area contributed by atoms with Crippen LogP contribution in [0.1, 0.15) is 75.6 Å². The van der Waals surface area contributed by atoms with Crippen molar-refractivity contribution in [3.05, 3.63) is 48.2 Å². The Balaban J connectivity index is 1.13. The van der Waals surface area contributed by atoms with E-state index in [1.54, 1.807) is 28.9 Å². The third kappa shape index (κ3) is 4.31. The molecule has 1 atom stereocenters. The number of nitrogens with zero attached hydrogens (tertiary/aromatic N) is 5. The van der Waals surface area contributed by atoms with Gasteiger partial charge in [-0.3, -0.25) is 4.79 Å². The molecule has 5 aliphatic rings. The molecule has 3 aliphatic carbocycles. The maximum atomic E-state index is 13.7. The zero-order valence-corrected chi connectivity index (χ0v) is 25.4. The summed E-state index contributed by atoms with van der Waals surface area (Å²) in [6, 6.07) is 10.0. The van der Waals surface area contributed by atoms with Crippen LogP contribution in [0.3, 0.4) is 0 Å². The molecule has 226 valence electrons. The van der Waals surface area contributed by atoms with E-state index in [4.69, 9.17) is 9.72 Å². The van der Waals surface area contributed by atoms with Crippen LogP contribution in [0.5, 0.6) is 5.88 Å². The highest BCUT2D eigenvalue weighted by atomic mass is 32.2. The summed E-state index contributed by atoms with van der Waals surface area (Å²) in [5.41, 5.74) is 1.05. The van der Waals surface area contributed by atoms with Crippen LogP contribution in [-0.2, 0) is 10.0 Å². The lowest BCUT2D eigenvalue weighted by molar-refractivity contribution is 0.0981. The molecule has 4 fully saturated rings. The molecule has 5 heterocycles. The average Bonchev–Trinajstić information content (AvgIpc) is 3.93. The number of ether oxygens (including phenoxy) is 1. The van der Waals surface area contributed by atoms with Gasteiger partial charge in [-0.05, 0) is 100 Å². The van der Waals surface area contributed by atoms with Crippen LogP contribution in [0.15, 0.2) is 47.6 Å². The lowest BCUT2D eigenvalue weighted by Gasteiger charge is -2.38. The molecule has 2 N–H and O–H groups in total. The number of rotatable bonds is 4. The van der Waals surface area contributed by atoms with Crippen LogP contribution in [0.25, 0.3) is 5.82 Å². The van der Waals surface area contributed by atoms with Crippen molar-refractivity contribution >= 4 is 27.6 Å². The molecule has 3 aromatic rings. The zero-order chi connectivity index (χ0) is 29.6. The Bertz CT molecular complexity index is 1710. The van der Waals surface area contributed by atoms with E-state index in [1.807, 2.05) is 12.3 Å². The van der Waals surface area contributed by atoms with Gasteiger partial charge in [0.1, 0.15) is 11.6 Å². The van der Waals surface area contributed by atoms with Gasteiger partial charge in [-0.2, -0.15) is 8.42 Å². The van der Waals surface area contributed by atoms with Crippen molar-refractivity contribution in [1.29, 1.82) is 0 Å². The SMILES string of the molecule is CC1(C)CCC2CCCNc3cccc(n3)S(=O)(=O)NC(=O)c3ccc(-n4ccc(OCC5C6(CC6)C56CC6)n4)nc3N21. The Hall–Kier alpha value is -3.67. The van der Waals surface area contributed by atoms with Crippen molar-refractivity contribution < 1.29 is 17.9 Å². The number of amides is 1. The zero-order valence-electron chi connectivity index (χ0n) is 24.5. The third-order valence-corrected chi connectivity index (χ3v) is 11.9. The molecule has 0 aromatic carbocycles. The van der Waals surface area contributed by atoms with Gasteiger partial charge in [-0.25, -0.2) is 19.4 Å². The number of aromatic nitrogens is 4. The lowest BCUT2D eigenvalue weighted by Crippen LogP contribution is -2.45. The molecular formula is C31H37N7O4S. The number of anilines is 2. The summed E-state index contributed by atoms with van der Waals surface area (Å²) in [4.78, 5) is 25.1. The van der Waals surface area contributed by atoms with E-state index in [0.29, 0.717) is 53.2 Å². The van der Waals surface area contributed by atoms with Gasteiger partial charge in [0.15, 0.2) is 10.8 Å². The Morgan fingerprint density at radius 1 is 1.00 bits per heavy atom. The van der Waals surface area contributed by atoms with E-state index in [-0.39, 0.29) is 22.2 Å². The van der Waals surface area contributed by atoms with E-state index in [1.165, 1.54) is 31.7 Å². The van der Waals surface area contributed by atoms with Gasteiger partial charge in [0.2, 0.25) is 5.88 Å². The molecule has 3 aromatic heterocycles. The molecule has 1 unspecified atom stereocenters. The van der Waals surface area contributed by atoms with Gasteiger partial charge in [0.05, 0.1) is 12.2 Å². The fraction of sp³-hybridized carbons (Fsp3) is 0.548. The second kappa shape index (κ2) is 9.17. The average molecular weight is 604 g/mol. The molecule has 43 heavy (non-hydrogen) atoms. The standard InChI is InChI=1S/C31H37N7O4S/c1-29(2)12-10-20-5-4-17-32-23-6-3-7-26(33-23)43(40,41)36-28(39)21-8-9-24(34-27(21)38(20)29)37-18-11-25(35-37)42-19-22-30(13-14-30)31(22)15-16-31/h3,6-9,11,18,20,22H,4-5,10,12-17,19H2,1-2H3,(H,32,33)(H,36,39). The minimum atomic E-state index is -4.22. The van der Waals surface area contributed by atoms with Gasteiger partial charge in [0.25, 0.3) is 15.9 Å².